The first-order chi connectivity index (χ1) is 15.0. The van der Waals surface area contributed by atoms with Crippen molar-refractivity contribution in [3.05, 3.63) is 60.7 Å². The van der Waals surface area contributed by atoms with Gasteiger partial charge in [-0.05, 0) is 49.2 Å². The number of nitrogens with one attached hydrogen (secondary N) is 2. The summed E-state index contributed by atoms with van der Waals surface area (Å²) in [5.74, 6) is -1.89. The fourth-order valence-electron chi connectivity index (χ4n) is 3.33. The van der Waals surface area contributed by atoms with Crippen molar-refractivity contribution in [1.29, 1.82) is 0 Å². The highest BCUT2D eigenvalue weighted by Crippen LogP contribution is 2.28. The minimum atomic E-state index is -0.956. The van der Waals surface area contributed by atoms with Gasteiger partial charge in [-0.25, -0.2) is 0 Å². The molecule has 3 rings (SSSR count). The Balaban J connectivity index is 1.52. The van der Waals surface area contributed by atoms with Crippen LogP contribution in [0.5, 0.6) is 5.75 Å². The Bertz CT molecular complexity index is 974. The highest BCUT2D eigenvalue weighted by molar-refractivity contribution is 8.00. The summed E-state index contributed by atoms with van der Waals surface area (Å²) in [6.45, 7) is 0. The van der Waals surface area contributed by atoms with Crippen LogP contribution in [0.2, 0.25) is 0 Å². The molecule has 2 aromatic rings. The van der Waals surface area contributed by atoms with E-state index in [1.165, 1.54) is 11.8 Å². The van der Waals surface area contributed by atoms with Gasteiger partial charge in [-0.2, -0.15) is 0 Å². The highest BCUT2D eigenvalue weighted by Gasteiger charge is 2.33. The minimum Gasteiger partial charge on any atom is -0.495 e. The van der Waals surface area contributed by atoms with Gasteiger partial charge < -0.3 is 20.5 Å². The molecule has 0 radical (unpaired) electrons. The van der Waals surface area contributed by atoms with Crippen LogP contribution in [0.1, 0.15) is 12.8 Å². The Kier molecular flexibility index (Phi) is 7.72. The summed E-state index contributed by atoms with van der Waals surface area (Å²) in [5.41, 5.74) is 1.21. The number of carboxylic acid groups (broad SMARTS) is 1. The third-order valence-electron chi connectivity index (χ3n) is 4.96. The fourth-order valence-corrected chi connectivity index (χ4v) is 4.03. The Hall–Kier alpha value is -3.26. The molecular formula is C23H24N2O5S. The van der Waals surface area contributed by atoms with Crippen LogP contribution < -0.4 is 15.4 Å². The first-order valence-corrected chi connectivity index (χ1v) is 10.8. The molecule has 3 N–H and O–H groups in total. The number of ether oxygens (including phenoxy) is 1. The van der Waals surface area contributed by atoms with Gasteiger partial charge in [0.1, 0.15) is 5.75 Å². The molecule has 7 nitrogen and oxygen atoms in total. The molecule has 8 heteroatoms. The quantitative estimate of drug-likeness (QED) is 0.423. The molecule has 0 saturated carbocycles. The predicted molar refractivity (Wildman–Crippen MR) is 120 cm³/mol. The molecule has 0 bridgehead atoms. The number of rotatable bonds is 8. The molecule has 0 spiro atoms. The Morgan fingerprint density at radius 2 is 1.68 bits per heavy atom. The zero-order chi connectivity index (χ0) is 22.2. The summed E-state index contributed by atoms with van der Waals surface area (Å²) in [6.07, 6.45) is 4.43. The number of benzene rings is 2. The van der Waals surface area contributed by atoms with Crippen LogP contribution in [-0.4, -0.2) is 35.8 Å². The average molecular weight is 441 g/mol. The molecule has 0 aliphatic heterocycles. The van der Waals surface area contributed by atoms with E-state index in [1.807, 2.05) is 30.3 Å². The number of allylic oxidation sites excluding steroid dienone is 2. The van der Waals surface area contributed by atoms with Gasteiger partial charge >= 0.3 is 5.97 Å². The number of aliphatic carboxylic acids is 1. The summed E-state index contributed by atoms with van der Waals surface area (Å²) < 4.78 is 5.22. The van der Waals surface area contributed by atoms with E-state index in [4.69, 9.17) is 4.74 Å². The van der Waals surface area contributed by atoms with Crippen LogP contribution in [0.15, 0.2) is 65.6 Å². The standard InChI is InChI=1S/C23H24N2O5S/c1-30-20-9-5-4-8-19(20)25-21(26)14-31-16-12-10-15(11-13-16)24-22(27)17-6-2-3-7-18(17)23(28)29/h2-5,8-13,17-18H,6-7,14H2,1H3,(H,24,27)(H,25,26)(H,28,29). The van der Waals surface area contributed by atoms with Crippen molar-refractivity contribution in [2.75, 3.05) is 23.5 Å². The zero-order valence-electron chi connectivity index (χ0n) is 17.0. The zero-order valence-corrected chi connectivity index (χ0v) is 17.9. The highest BCUT2D eigenvalue weighted by atomic mass is 32.2. The number of carbonyl (C=O) groups is 3. The Morgan fingerprint density at radius 3 is 2.35 bits per heavy atom. The van der Waals surface area contributed by atoms with Crippen LogP contribution in [0.3, 0.4) is 0 Å². The summed E-state index contributed by atoms with van der Waals surface area (Å²) in [5, 5.41) is 14.9. The molecule has 0 heterocycles. The van der Waals surface area contributed by atoms with Gasteiger partial charge in [-0.3, -0.25) is 14.4 Å². The van der Waals surface area contributed by atoms with E-state index in [0.29, 0.717) is 30.0 Å². The lowest BCUT2D eigenvalue weighted by molar-refractivity contribution is -0.146. The largest absolute Gasteiger partial charge is 0.495 e. The van der Waals surface area contributed by atoms with Crippen molar-refractivity contribution in [2.45, 2.75) is 17.7 Å². The number of amides is 2. The topological polar surface area (TPSA) is 105 Å². The number of hydrogen-bond acceptors (Lipinski definition) is 5. The van der Waals surface area contributed by atoms with E-state index in [2.05, 4.69) is 10.6 Å². The smallest absolute Gasteiger partial charge is 0.307 e. The summed E-state index contributed by atoms with van der Waals surface area (Å²) in [4.78, 5) is 37.0. The van der Waals surface area contributed by atoms with E-state index in [9.17, 15) is 19.5 Å². The second-order valence-corrected chi connectivity index (χ2v) is 8.09. The molecule has 1 aliphatic carbocycles. The van der Waals surface area contributed by atoms with Gasteiger partial charge in [-0.15, -0.1) is 11.8 Å². The van der Waals surface area contributed by atoms with Gasteiger partial charge in [0.25, 0.3) is 0 Å². The van der Waals surface area contributed by atoms with Crippen LogP contribution in [0.25, 0.3) is 0 Å². The number of anilines is 2. The minimum absolute atomic E-state index is 0.156. The number of carbonyl (C=O) groups excluding carboxylic acids is 2. The number of hydrogen-bond donors (Lipinski definition) is 3. The van der Waals surface area contributed by atoms with Gasteiger partial charge in [0.05, 0.1) is 30.4 Å². The Morgan fingerprint density at radius 1 is 1.00 bits per heavy atom. The number of methoxy groups -OCH3 is 1. The van der Waals surface area contributed by atoms with Crippen LogP contribution in [-0.2, 0) is 14.4 Å². The van der Waals surface area contributed by atoms with Gasteiger partial charge in [-0.1, -0.05) is 24.3 Å². The summed E-state index contributed by atoms with van der Waals surface area (Å²) >= 11 is 1.37. The lowest BCUT2D eigenvalue weighted by Crippen LogP contribution is -2.34. The third-order valence-corrected chi connectivity index (χ3v) is 5.97. The van der Waals surface area contributed by atoms with Crippen molar-refractivity contribution < 1.29 is 24.2 Å². The third kappa shape index (κ3) is 6.11. The maximum atomic E-state index is 12.5. The molecule has 31 heavy (non-hydrogen) atoms. The lowest BCUT2D eigenvalue weighted by Gasteiger charge is -2.24. The monoisotopic (exact) mass is 440 g/mol. The number of thioether (sulfide) groups is 1. The van der Waals surface area contributed by atoms with E-state index in [1.54, 1.807) is 37.5 Å². The molecule has 0 saturated heterocycles. The van der Waals surface area contributed by atoms with E-state index in [-0.39, 0.29) is 17.6 Å². The summed E-state index contributed by atoms with van der Waals surface area (Å²) in [6, 6.07) is 14.3. The van der Waals surface area contributed by atoms with Crippen molar-refractivity contribution >= 4 is 40.9 Å². The summed E-state index contributed by atoms with van der Waals surface area (Å²) in [7, 11) is 1.55. The first kappa shape index (κ1) is 22.4. The second kappa shape index (κ2) is 10.7. The van der Waals surface area contributed by atoms with E-state index >= 15 is 0 Å². The van der Waals surface area contributed by atoms with E-state index in [0.717, 1.165) is 4.90 Å². The first-order valence-electron chi connectivity index (χ1n) is 9.82. The Labute approximate surface area is 184 Å². The molecule has 1 aliphatic rings. The van der Waals surface area contributed by atoms with Gasteiger partial charge in [0.2, 0.25) is 11.8 Å². The van der Waals surface area contributed by atoms with E-state index < -0.39 is 17.8 Å². The number of carboxylic acids is 1. The average Bonchev–Trinajstić information content (AvgIpc) is 2.79. The fraction of sp³-hybridized carbons (Fsp3) is 0.261. The normalized spacial score (nSPS) is 17.6. The van der Waals surface area contributed by atoms with Crippen molar-refractivity contribution in [1.82, 2.24) is 0 Å². The molecule has 2 unspecified atom stereocenters. The van der Waals surface area contributed by atoms with Crippen LogP contribution in [0, 0.1) is 11.8 Å². The SMILES string of the molecule is COc1ccccc1NC(=O)CSc1ccc(NC(=O)C2CC=CCC2C(=O)O)cc1. The van der Waals surface area contributed by atoms with Gasteiger partial charge in [0.15, 0.2) is 0 Å². The van der Waals surface area contributed by atoms with Crippen LogP contribution >= 0.6 is 11.8 Å². The van der Waals surface area contributed by atoms with Crippen molar-refractivity contribution in [2.24, 2.45) is 11.8 Å². The second-order valence-electron chi connectivity index (χ2n) is 7.04. The molecule has 0 aromatic heterocycles. The maximum Gasteiger partial charge on any atom is 0.307 e. The van der Waals surface area contributed by atoms with Gasteiger partial charge in [0, 0.05) is 10.6 Å². The number of para-hydroxylation sites is 2. The maximum absolute atomic E-state index is 12.5. The predicted octanol–water partition coefficient (Wildman–Crippen LogP) is 4.03. The lowest BCUT2D eigenvalue weighted by atomic mass is 9.82. The molecule has 0 fully saturated rings. The van der Waals surface area contributed by atoms with Crippen molar-refractivity contribution in [3.63, 3.8) is 0 Å². The molecule has 2 amide bonds. The molecule has 2 aromatic carbocycles. The molecular weight excluding hydrogens is 416 g/mol. The van der Waals surface area contributed by atoms with Crippen LogP contribution in [0.4, 0.5) is 11.4 Å². The molecule has 162 valence electrons. The molecule has 2 atom stereocenters. The van der Waals surface area contributed by atoms with Crippen molar-refractivity contribution in [3.8, 4) is 5.75 Å².